The molecule has 2 amide bonds. The third-order valence-electron chi connectivity index (χ3n) is 3.81. The predicted molar refractivity (Wildman–Crippen MR) is 73.7 cm³/mol. The Morgan fingerprint density at radius 3 is 3.25 bits per heavy atom. The molecule has 1 fully saturated rings. The standard InChI is InChI=1S/C12H15BN4O3/c1-16-8-4-9(11-15-2-3-19-11)10(5-13-20-7-14)17(6-8)12(16)18/h2-4,7-8,10,13-14H,5-6H2,1H3/t8-,10-/m1/s1. The van der Waals surface area contributed by atoms with Crippen LogP contribution < -0.4 is 0 Å². The Morgan fingerprint density at radius 2 is 2.55 bits per heavy atom. The lowest BCUT2D eigenvalue weighted by atomic mass is 9.83. The highest BCUT2D eigenvalue weighted by Crippen LogP contribution is 2.34. The monoisotopic (exact) mass is 274 g/mol. The number of carbonyl (C=O) groups excluding carboxylic acids is 1. The summed E-state index contributed by atoms with van der Waals surface area (Å²) in [6, 6.07) is -0.0562. The first-order valence-corrected chi connectivity index (χ1v) is 6.48. The van der Waals surface area contributed by atoms with E-state index in [1.165, 1.54) is 6.26 Å². The number of oxazole rings is 1. The van der Waals surface area contributed by atoms with E-state index in [1.807, 2.05) is 11.0 Å². The number of aromatic nitrogens is 1. The highest BCUT2D eigenvalue weighted by atomic mass is 16.4. The molecule has 3 rings (SSSR count). The Hall–Kier alpha value is -2.25. The van der Waals surface area contributed by atoms with Crippen LogP contribution >= 0.6 is 0 Å². The lowest BCUT2D eigenvalue weighted by Crippen LogP contribution is -2.40. The lowest BCUT2D eigenvalue weighted by Gasteiger charge is -2.30. The van der Waals surface area contributed by atoms with Crippen LogP contribution in [-0.4, -0.2) is 60.4 Å². The molecule has 7 nitrogen and oxygen atoms in total. The first-order valence-electron chi connectivity index (χ1n) is 6.48. The van der Waals surface area contributed by atoms with Crippen LogP contribution in [-0.2, 0) is 4.65 Å². The summed E-state index contributed by atoms with van der Waals surface area (Å²) in [5, 5.41) is 6.90. The van der Waals surface area contributed by atoms with Crippen LogP contribution in [0.4, 0.5) is 4.79 Å². The van der Waals surface area contributed by atoms with E-state index in [-0.39, 0.29) is 18.1 Å². The zero-order chi connectivity index (χ0) is 14.1. The van der Waals surface area contributed by atoms with E-state index < -0.39 is 0 Å². The van der Waals surface area contributed by atoms with Crippen molar-refractivity contribution in [3.8, 4) is 0 Å². The van der Waals surface area contributed by atoms with Gasteiger partial charge in [-0.25, -0.2) is 9.78 Å². The minimum Gasteiger partial charge on any atom is -0.557 e. The second-order valence-corrected chi connectivity index (χ2v) is 4.87. The Morgan fingerprint density at radius 1 is 1.70 bits per heavy atom. The van der Waals surface area contributed by atoms with Crippen LogP contribution in [0.15, 0.2) is 23.0 Å². The van der Waals surface area contributed by atoms with Crippen molar-refractivity contribution >= 4 is 25.5 Å². The fraction of sp³-hybridized carbons (Fsp3) is 0.417. The van der Waals surface area contributed by atoms with Gasteiger partial charge in [-0.05, 0) is 12.4 Å². The first-order chi connectivity index (χ1) is 9.72. The maximum absolute atomic E-state index is 12.2. The van der Waals surface area contributed by atoms with Gasteiger partial charge in [0, 0.05) is 19.2 Å². The number of hydrogen-bond donors (Lipinski definition) is 1. The smallest absolute Gasteiger partial charge is 0.343 e. The molecule has 0 saturated carbocycles. The Kier molecular flexibility index (Phi) is 3.21. The molecule has 1 aromatic rings. The average molecular weight is 274 g/mol. The quantitative estimate of drug-likeness (QED) is 0.368. The first kappa shape index (κ1) is 12.8. The van der Waals surface area contributed by atoms with Crippen molar-refractivity contribution in [2.45, 2.75) is 18.4 Å². The molecular formula is C12H15BN4O3. The second kappa shape index (κ2) is 5.03. The number of rotatable bonds is 5. The summed E-state index contributed by atoms with van der Waals surface area (Å²) in [5.41, 5.74) is 0.914. The van der Waals surface area contributed by atoms with Gasteiger partial charge in [-0.1, -0.05) is 0 Å². The van der Waals surface area contributed by atoms with Crippen LogP contribution in [0.2, 0.25) is 6.32 Å². The van der Waals surface area contributed by atoms with Gasteiger partial charge in [0.05, 0.1) is 18.3 Å². The molecule has 2 aliphatic rings. The molecule has 1 N–H and O–H groups in total. The van der Waals surface area contributed by atoms with E-state index >= 15 is 0 Å². The molecule has 0 aromatic carbocycles. The van der Waals surface area contributed by atoms with Gasteiger partial charge in [-0.2, -0.15) is 0 Å². The van der Waals surface area contributed by atoms with Crippen molar-refractivity contribution in [1.29, 1.82) is 5.41 Å². The fourth-order valence-corrected chi connectivity index (χ4v) is 2.79. The number of carbonyl (C=O) groups is 1. The molecule has 3 heterocycles. The molecule has 2 bridgehead atoms. The minimum absolute atomic E-state index is 0.00709. The third kappa shape index (κ3) is 1.97. The molecule has 0 radical (unpaired) electrons. The molecule has 1 saturated heterocycles. The number of fused-ring (bicyclic) bond motifs is 2. The van der Waals surface area contributed by atoms with E-state index in [0.29, 0.717) is 26.2 Å². The van der Waals surface area contributed by atoms with Gasteiger partial charge in [0.15, 0.2) is 0 Å². The largest absolute Gasteiger partial charge is 0.557 e. The topological polar surface area (TPSA) is 82.7 Å². The Balaban J connectivity index is 1.90. The summed E-state index contributed by atoms with van der Waals surface area (Å²) in [6.45, 7) is 0.675. The summed E-state index contributed by atoms with van der Waals surface area (Å²) in [5.74, 6) is 0.544. The highest BCUT2D eigenvalue weighted by molar-refractivity contribution is 6.30. The molecular weight excluding hydrogens is 259 g/mol. The van der Waals surface area contributed by atoms with Crippen LogP contribution in [0.5, 0.6) is 0 Å². The lowest BCUT2D eigenvalue weighted by molar-refractivity contribution is 0.193. The Labute approximate surface area is 117 Å². The summed E-state index contributed by atoms with van der Waals surface area (Å²) in [7, 11) is 2.18. The van der Waals surface area contributed by atoms with E-state index in [0.717, 1.165) is 12.0 Å². The van der Waals surface area contributed by atoms with Crippen molar-refractivity contribution in [2.75, 3.05) is 13.6 Å². The number of hydrogen-bond acceptors (Lipinski definition) is 5. The minimum atomic E-state index is -0.123. The number of nitrogens with zero attached hydrogens (tertiary/aromatic N) is 3. The van der Waals surface area contributed by atoms with Crippen LogP contribution in [0.3, 0.4) is 0 Å². The predicted octanol–water partition coefficient (Wildman–Crippen LogP) is 0.570. The van der Waals surface area contributed by atoms with Gasteiger partial charge < -0.3 is 18.9 Å². The van der Waals surface area contributed by atoms with Gasteiger partial charge in [-0.15, -0.1) is 0 Å². The van der Waals surface area contributed by atoms with Crippen LogP contribution in [0.1, 0.15) is 5.89 Å². The van der Waals surface area contributed by atoms with Crippen molar-refractivity contribution in [2.24, 2.45) is 0 Å². The molecule has 0 spiro atoms. The van der Waals surface area contributed by atoms with Crippen LogP contribution in [0.25, 0.3) is 5.57 Å². The maximum atomic E-state index is 12.2. The van der Waals surface area contributed by atoms with Gasteiger partial charge in [0.2, 0.25) is 5.89 Å². The molecule has 0 aliphatic carbocycles. The number of likely N-dealkylation sites (N-methyl/N-ethyl adjacent to an activating group) is 1. The van der Waals surface area contributed by atoms with Crippen molar-refractivity contribution in [1.82, 2.24) is 14.8 Å². The molecule has 20 heavy (non-hydrogen) atoms. The van der Waals surface area contributed by atoms with Gasteiger partial charge >= 0.3 is 13.5 Å². The third-order valence-corrected chi connectivity index (χ3v) is 3.81. The van der Waals surface area contributed by atoms with E-state index in [2.05, 4.69) is 4.98 Å². The molecule has 104 valence electrons. The zero-order valence-electron chi connectivity index (χ0n) is 11.2. The van der Waals surface area contributed by atoms with E-state index in [9.17, 15) is 4.79 Å². The summed E-state index contributed by atoms with van der Waals surface area (Å²) >= 11 is 0. The maximum Gasteiger partial charge on any atom is 0.343 e. The number of nitrogens with one attached hydrogen (secondary N) is 1. The van der Waals surface area contributed by atoms with Crippen molar-refractivity contribution in [3.05, 3.63) is 24.4 Å². The molecule has 1 aromatic heterocycles. The Bertz CT molecular complexity index is 545. The molecule has 2 aliphatic heterocycles. The fourth-order valence-electron chi connectivity index (χ4n) is 2.79. The summed E-state index contributed by atoms with van der Waals surface area (Å²) < 4.78 is 10.4. The number of urea groups is 1. The van der Waals surface area contributed by atoms with Crippen LogP contribution in [0, 0.1) is 5.41 Å². The second-order valence-electron chi connectivity index (χ2n) is 4.87. The molecule has 2 atom stereocenters. The SMILES string of the molecule is CN1C(=O)N2C[C@H]1C=C(c1ncco1)[C@H]2CBOC=N. The van der Waals surface area contributed by atoms with E-state index in [4.69, 9.17) is 14.5 Å². The highest BCUT2D eigenvalue weighted by Gasteiger charge is 2.44. The van der Waals surface area contributed by atoms with Crippen molar-refractivity contribution in [3.63, 3.8) is 0 Å². The average Bonchev–Trinajstić information content (AvgIpc) is 3.06. The number of amides is 2. The van der Waals surface area contributed by atoms with E-state index in [1.54, 1.807) is 18.1 Å². The summed E-state index contributed by atoms with van der Waals surface area (Å²) in [4.78, 5) is 20.0. The normalized spacial score (nSPS) is 24.6. The molecule has 0 unspecified atom stereocenters. The molecule has 8 heteroatoms. The van der Waals surface area contributed by atoms with Gasteiger partial charge in [0.25, 0.3) is 0 Å². The van der Waals surface area contributed by atoms with Gasteiger partial charge in [0.1, 0.15) is 12.7 Å². The summed E-state index contributed by atoms with van der Waals surface area (Å²) in [6.07, 6.45) is 6.69. The van der Waals surface area contributed by atoms with Gasteiger partial charge in [-0.3, -0.25) is 5.41 Å². The van der Waals surface area contributed by atoms with Crippen molar-refractivity contribution < 1.29 is 13.9 Å². The zero-order valence-corrected chi connectivity index (χ0v) is 11.2.